The van der Waals surface area contributed by atoms with Crippen molar-refractivity contribution < 1.29 is 48.9 Å². The molecule has 3 atom stereocenters. The zero-order chi connectivity index (χ0) is 24.7. The first kappa shape index (κ1) is 34.9. The Bertz CT molecular complexity index is 457. The summed E-state index contributed by atoms with van der Waals surface area (Å²) in [4.78, 5) is 51.6. The smallest absolute Gasteiger partial charge is 0.466 e. The molecule has 0 aliphatic heterocycles. The molecule has 0 saturated carbocycles. The second-order valence-corrected chi connectivity index (χ2v) is 7.86. The highest BCUT2D eigenvalue weighted by Gasteiger charge is 2.15. The molecule has 14 heteroatoms. The molecule has 0 radical (unpaired) electrons. The van der Waals surface area contributed by atoms with E-state index in [2.05, 4.69) is 0 Å². The highest BCUT2D eigenvalue weighted by atomic mass is 31.2. The number of carboxylic acids is 3. The van der Waals surface area contributed by atoms with E-state index in [1.165, 1.54) is 0 Å². The van der Waals surface area contributed by atoms with Crippen LogP contribution in [0.15, 0.2) is 0 Å². The molecule has 0 fully saturated rings. The van der Waals surface area contributed by atoms with Crippen LogP contribution in [-0.4, -0.2) is 66.0 Å². The zero-order valence-corrected chi connectivity index (χ0v) is 18.4. The largest absolute Gasteiger partial charge is 0.480 e. The lowest BCUT2D eigenvalue weighted by molar-refractivity contribution is -0.140. The molecule has 0 saturated heterocycles. The van der Waals surface area contributed by atoms with Crippen molar-refractivity contribution >= 4 is 25.7 Å². The first-order valence-corrected chi connectivity index (χ1v) is 9.96. The summed E-state index contributed by atoms with van der Waals surface area (Å²) < 4.78 is 8.88. The Balaban J connectivity index is -0.000000146. The maximum absolute atomic E-state index is 10.0. The summed E-state index contributed by atoms with van der Waals surface area (Å²) in [5, 5.41) is 24.7. The highest BCUT2D eigenvalue weighted by Crippen LogP contribution is 2.25. The normalized spacial score (nSPS) is 13.6. The average molecular weight is 449 g/mol. The molecule has 0 unspecified atom stereocenters. The van der Waals surface area contributed by atoms with Gasteiger partial charge in [-0.05, 0) is 17.8 Å². The topological polar surface area (TPSA) is 268 Å². The van der Waals surface area contributed by atoms with E-state index in [4.69, 9.17) is 51.8 Å². The Morgan fingerprint density at radius 1 is 0.586 bits per heavy atom. The van der Waals surface area contributed by atoms with Crippen molar-refractivity contribution in [3.05, 3.63) is 0 Å². The minimum absolute atomic E-state index is 0.0208. The standard InChI is InChI=1S/3C5H11NO2.H3O4P/c3*1-3(2)4(6)5(7)8;1-5(2,3)4/h3*3-4H,6H2,1-2H3,(H,7,8);(H3,1,2,3,4)/t3*4-;/m000./s1. The number of hydrogen-bond donors (Lipinski definition) is 9. The Morgan fingerprint density at radius 2 is 0.690 bits per heavy atom. The van der Waals surface area contributed by atoms with E-state index in [1.807, 2.05) is 0 Å². The summed E-state index contributed by atoms with van der Waals surface area (Å²) in [7, 11) is -4.64. The van der Waals surface area contributed by atoms with Gasteiger partial charge >= 0.3 is 25.7 Å². The van der Waals surface area contributed by atoms with Gasteiger partial charge in [0.15, 0.2) is 0 Å². The maximum Gasteiger partial charge on any atom is 0.466 e. The lowest BCUT2D eigenvalue weighted by atomic mass is 10.1. The maximum atomic E-state index is 10.0. The Kier molecular flexibility index (Phi) is 20.8. The summed E-state index contributed by atoms with van der Waals surface area (Å²) >= 11 is 0. The molecular formula is C15H36N3O10P. The molecule has 12 N–H and O–H groups in total. The van der Waals surface area contributed by atoms with Gasteiger partial charge in [-0.25, -0.2) is 4.57 Å². The quantitative estimate of drug-likeness (QED) is 0.226. The number of nitrogens with two attached hydrogens (primary N) is 3. The van der Waals surface area contributed by atoms with Crippen LogP contribution in [0.1, 0.15) is 41.5 Å². The Labute approximate surface area is 170 Å². The fraction of sp³-hybridized carbons (Fsp3) is 0.800. The van der Waals surface area contributed by atoms with Crippen molar-refractivity contribution in [2.45, 2.75) is 59.7 Å². The van der Waals surface area contributed by atoms with E-state index in [-0.39, 0.29) is 17.8 Å². The molecule has 0 rings (SSSR count). The van der Waals surface area contributed by atoms with Gasteiger partial charge in [0.2, 0.25) is 0 Å². The molecule has 0 amide bonds. The van der Waals surface area contributed by atoms with Crippen LogP contribution in [-0.2, 0) is 18.9 Å². The summed E-state index contributed by atoms with van der Waals surface area (Å²) in [6.45, 7) is 10.7. The third-order valence-electron chi connectivity index (χ3n) is 3.01. The second kappa shape index (κ2) is 17.3. The average Bonchev–Trinajstić information content (AvgIpc) is 2.51. The molecule has 0 aliphatic rings. The van der Waals surface area contributed by atoms with Gasteiger partial charge in [-0.1, -0.05) is 41.5 Å². The third-order valence-corrected chi connectivity index (χ3v) is 3.01. The molecular weight excluding hydrogens is 413 g/mol. The predicted molar refractivity (Wildman–Crippen MR) is 106 cm³/mol. The molecule has 0 bridgehead atoms. The van der Waals surface area contributed by atoms with Crippen molar-refractivity contribution in [2.75, 3.05) is 0 Å². The number of rotatable bonds is 6. The number of carboxylic acid groups (broad SMARTS) is 3. The van der Waals surface area contributed by atoms with Crippen molar-refractivity contribution in [3.8, 4) is 0 Å². The number of hydrogen-bond acceptors (Lipinski definition) is 7. The van der Waals surface area contributed by atoms with Crippen LogP contribution in [0.5, 0.6) is 0 Å². The van der Waals surface area contributed by atoms with E-state index in [9.17, 15) is 14.4 Å². The summed E-state index contributed by atoms with van der Waals surface area (Å²) in [5.74, 6) is -2.73. The van der Waals surface area contributed by atoms with E-state index in [0.29, 0.717) is 0 Å². The van der Waals surface area contributed by atoms with Crippen LogP contribution in [0.3, 0.4) is 0 Å². The molecule has 0 aromatic rings. The van der Waals surface area contributed by atoms with Crippen LogP contribution in [0.2, 0.25) is 0 Å². The summed E-state index contributed by atoms with van der Waals surface area (Å²) in [6, 6.07) is -2.14. The van der Waals surface area contributed by atoms with Crippen molar-refractivity contribution in [1.29, 1.82) is 0 Å². The number of aliphatic carboxylic acids is 3. The van der Waals surface area contributed by atoms with Crippen LogP contribution in [0.25, 0.3) is 0 Å². The van der Waals surface area contributed by atoms with Gasteiger partial charge in [0.05, 0.1) is 0 Å². The summed E-state index contributed by atoms with van der Waals surface area (Å²) in [6.07, 6.45) is 0. The van der Waals surface area contributed by atoms with Gasteiger partial charge in [0.1, 0.15) is 18.1 Å². The number of phosphoric acid groups is 1. The van der Waals surface area contributed by atoms with Crippen LogP contribution in [0, 0.1) is 17.8 Å². The molecule has 0 aromatic heterocycles. The summed E-state index contributed by atoms with van der Waals surface area (Å²) in [5.41, 5.74) is 15.5. The Morgan fingerprint density at radius 3 is 0.690 bits per heavy atom. The monoisotopic (exact) mass is 449 g/mol. The van der Waals surface area contributed by atoms with Crippen molar-refractivity contribution in [1.82, 2.24) is 0 Å². The minimum Gasteiger partial charge on any atom is -0.480 e. The first-order valence-electron chi connectivity index (χ1n) is 8.40. The van der Waals surface area contributed by atoms with Gasteiger partial charge in [0, 0.05) is 0 Å². The van der Waals surface area contributed by atoms with E-state index < -0.39 is 43.9 Å². The molecule has 29 heavy (non-hydrogen) atoms. The second-order valence-electron chi connectivity index (χ2n) is 6.84. The SMILES string of the molecule is CC(C)[C@H](N)C(=O)O.CC(C)[C@H](N)C(=O)O.CC(C)[C@H](N)C(=O)O.O=P(O)(O)O. The fourth-order valence-electron chi connectivity index (χ4n) is 0.855. The van der Waals surface area contributed by atoms with Crippen LogP contribution >= 0.6 is 7.82 Å². The zero-order valence-electron chi connectivity index (χ0n) is 17.5. The molecule has 0 aromatic carbocycles. The lowest BCUT2D eigenvalue weighted by Crippen LogP contribution is -2.34. The van der Waals surface area contributed by atoms with Crippen LogP contribution < -0.4 is 17.2 Å². The molecule has 13 nitrogen and oxygen atoms in total. The lowest BCUT2D eigenvalue weighted by Gasteiger charge is -2.07. The first-order chi connectivity index (χ1) is 12.7. The van der Waals surface area contributed by atoms with Gasteiger partial charge in [0.25, 0.3) is 0 Å². The van der Waals surface area contributed by atoms with E-state index in [1.54, 1.807) is 41.5 Å². The third kappa shape index (κ3) is 31.3. The molecule has 0 aliphatic carbocycles. The molecule has 0 spiro atoms. The van der Waals surface area contributed by atoms with E-state index >= 15 is 0 Å². The van der Waals surface area contributed by atoms with Gasteiger partial charge in [-0.2, -0.15) is 0 Å². The predicted octanol–water partition coefficient (Wildman–Crippen LogP) is -0.766. The van der Waals surface area contributed by atoms with Gasteiger partial charge in [-0.3, -0.25) is 14.4 Å². The Hall–Kier alpha value is -1.60. The molecule has 0 heterocycles. The molecule has 176 valence electrons. The number of carbonyl (C=O) groups is 3. The minimum atomic E-state index is -4.64. The fourth-order valence-corrected chi connectivity index (χ4v) is 0.855. The van der Waals surface area contributed by atoms with E-state index in [0.717, 1.165) is 0 Å². The highest BCUT2D eigenvalue weighted by molar-refractivity contribution is 7.45. The van der Waals surface area contributed by atoms with Gasteiger partial charge < -0.3 is 47.2 Å². The van der Waals surface area contributed by atoms with Crippen LogP contribution in [0.4, 0.5) is 0 Å². The van der Waals surface area contributed by atoms with Crippen molar-refractivity contribution in [3.63, 3.8) is 0 Å². The van der Waals surface area contributed by atoms with Crippen molar-refractivity contribution in [2.24, 2.45) is 35.0 Å². The van der Waals surface area contributed by atoms with Gasteiger partial charge in [-0.15, -0.1) is 0 Å².